The smallest absolute Gasteiger partial charge is 0.324 e. The second kappa shape index (κ2) is 7.84. The van der Waals surface area contributed by atoms with Gasteiger partial charge in [0, 0.05) is 11.9 Å². The Labute approximate surface area is 156 Å². The average Bonchev–Trinajstić information content (AvgIpc) is 2.62. The molecule has 2 aromatic rings. The van der Waals surface area contributed by atoms with E-state index in [9.17, 15) is 21.6 Å². The lowest BCUT2D eigenvalue weighted by Gasteiger charge is -2.21. The van der Waals surface area contributed by atoms with Gasteiger partial charge >= 0.3 is 6.18 Å². The minimum Gasteiger partial charge on any atom is -0.324 e. The van der Waals surface area contributed by atoms with Gasteiger partial charge in [0.2, 0.25) is 5.95 Å². The van der Waals surface area contributed by atoms with Crippen LogP contribution >= 0.6 is 0 Å². The summed E-state index contributed by atoms with van der Waals surface area (Å²) in [6, 6.07) is 7.36. The molecule has 1 saturated carbocycles. The highest BCUT2D eigenvalue weighted by Crippen LogP contribution is 2.29. The number of halogens is 3. The van der Waals surface area contributed by atoms with Crippen molar-refractivity contribution >= 4 is 21.5 Å². The Morgan fingerprint density at radius 1 is 1.11 bits per heavy atom. The number of benzene rings is 1. The first-order valence-corrected chi connectivity index (χ1v) is 10.4. The fourth-order valence-corrected chi connectivity index (χ4v) is 5.15. The first-order valence-electron chi connectivity index (χ1n) is 8.72. The number of nitrogens with one attached hydrogen (secondary N) is 1. The zero-order chi connectivity index (χ0) is 19.5. The van der Waals surface area contributed by atoms with E-state index in [2.05, 4.69) is 15.3 Å². The standard InChI is InChI=1S/C18H20F3N3O2S/c19-18(20,21)16-9-10-22-17(24-16)23-14-6-4-5-13(11-14)12-27(25,26)15-7-2-1-3-8-15/h4-6,9-11,15H,1-3,7-8,12H2,(H,22,23,24). The summed E-state index contributed by atoms with van der Waals surface area (Å²) >= 11 is 0. The molecule has 1 fully saturated rings. The molecule has 1 aliphatic rings. The highest BCUT2D eigenvalue weighted by atomic mass is 32.2. The minimum atomic E-state index is -4.56. The van der Waals surface area contributed by atoms with Gasteiger partial charge in [0.05, 0.1) is 11.0 Å². The van der Waals surface area contributed by atoms with E-state index in [4.69, 9.17) is 0 Å². The Kier molecular flexibility index (Phi) is 5.69. The number of rotatable bonds is 5. The molecule has 3 rings (SSSR count). The minimum absolute atomic E-state index is 0.0867. The molecule has 1 aromatic heterocycles. The van der Waals surface area contributed by atoms with E-state index in [0.29, 0.717) is 24.1 Å². The van der Waals surface area contributed by atoms with Crippen LogP contribution in [0.4, 0.5) is 24.8 Å². The number of sulfone groups is 1. The maximum atomic E-state index is 12.7. The highest BCUT2D eigenvalue weighted by Gasteiger charge is 2.32. The van der Waals surface area contributed by atoms with E-state index in [0.717, 1.165) is 31.5 Å². The second-order valence-corrected chi connectivity index (χ2v) is 8.94. The van der Waals surface area contributed by atoms with E-state index in [1.807, 2.05) is 0 Å². The molecule has 1 N–H and O–H groups in total. The summed E-state index contributed by atoms with van der Waals surface area (Å²) in [5.74, 6) is -0.284. The Morgan fingerprint density at radius 3 is 2.56 bits per heavy atom. The van der Waals surface area contributed by atoms with E-state index in [-0.39, 0.29) is 17.0 Å². The van der Waals surface area contributed by atoms with Crippen LogP contribution in [0.15, 0.2) is 36.5 Å². The molecule has 0 atom stereocenters. The topological polar surface area (TPSA) is 72.0 Å². The molecule has 1 aliphatic carbocycles. The molecule has 1 heterocycles. The van der Waals surface area contributed by atoms with Crippen LogP contribution in [0.2, 0.25) is 0 Å². The Morgan fingerprint density at radius 2 is 1.85 bits per heavy atom. The molecule has 0 spiro atoms. The van der Waals surface area contributed by atoms with Crippen LogP contribution in [0.5, 0.6) is 0 Å². The molecule has 146 valence electrons. The fourth-order valence-electron chi connectivity index (χ4n) is 3.22. The third kappa shape index (κ3) is 5.18. The maximum Gasteiger partial charge on any atom is 0.433 e. The monoisotopic (exact) mass is 399 g/mol. The Balaban J connectivity index is 1.74. The number of anilines is 2. The molecule has 0 aliphatic heterocycles. The highest BCUT2D eigenvalue weighted by molar-refractivity contribution is 7.91. The van der Waals surface area contributed by atoms with E-state index >= 15 is 0 Å². The summed E-state index contributed by atoms with van der Waals surface area (Å²) in [5, 5.41) is 2.39. The van der Waals surface area contributed by atoms with Gasteiger partial charge in [-0.1, -0.05) is 31.4 Å². The average molecular weight is 399 g/mol. The van der Waals surface area contributed by atoms with Crippen LogP contribution in [-0.4, -0.2) is 23.6 Å². The van der Waals surface area contributed by atoms with Gasteiger partial charge in [-0.2, -0.15) is 13.2 Å². The quantitative estimate of drug-likeness (QED) is 0.802. The van der Waals surface area contributed by atoms with Gasteiger partial charge in [-0.3, -0.25) is 0 Å². The first-order chi connectivity index (χ1) is 12.7. The lowest BCUT2D eigenvalue weighted by molar-refractivity contribution is -0.141. The van der Waals surface area contributed by atoms with Crippen LogP contribution in [0.3, 0.4) is 0 Å². The molecule has 0 radical (unpaired) electrons. The lowest BCUT2D eigenvalue weighted by atomic mass is 10.0. The Bertz CT molecular complexity index is 895. The molecule has 0 saturated heterocycles. The first kappa shape index (κ1) is 19.6. The number of nitrogens with zero attached hydrogens (tertiary/aromatic N) is 2. The molecule has 1 aromatic carbocycles. The Hall–Kier alpha value is -2.16. The summed E-state index contributed by atoms with van der Waals surface area (Å²) in [5.41, 5.74) is -0.0285. The van der Waals surface area contributed by atoms with Crippen molar-refractivity contribution in [3.05, 3.63) is 47.8 Å². The van der Waals surface area contributed by atoms with Crippen LogP contribution < -0.4 is 5.32 Å². The molecule has 27 heavy (non-hydrogen) atoms. The largest absolute Gasteiger partial charge is 0.433 e. The third-order valence-electron chi connectivity index (χ3n) is 4.56. The van der Waals surface area contributed by atoms with Crippen molar-refractivity contribution in [3.8, 4) is 0 Å². The summed E-state index contributed by atoms with van der Waals surface area (Å²) in [7, 11) is -3.26. The molecule has 0 amide bonds. The predicted molar refractivity (Wildman–Crippen MR) is 96.3 cm³/mol. The van der Waals surface area contributed by atoms with Crippen LogP contribution in [0.25, 0.3) is 0 Å². The van der Waals surface area contributed by atoms with Crippen molar-refractivity contribution in [2.45, 2.75) is 49.3 Å². The summed E-state index contributed by atoms with van der Waals surface area (Å²) < 4.78 is 63.5. The van der Waals surface area contributed by atoms with Crippen molar-refractivity contribution in [2.75, 3.05) is 5.32 Å². The summed E-state index contributed by atoms with van der Waals surface area (Å²) in [6.07, 6.45) is 0.778. The fraction of sp³-hybridized carbons (Fsp3) is 0.444. The van der Waals surface area contributed by atoms with Gasteiger partial charge in [-0.25, -0.2) is 18.4 Å². The van der Waals surface area contributed by atoms with Gasteiger partial charge in [0.25, 0.3) is 0 Å². The number of hydrogen-bond donors (Lipinski definition) is 1. The molecule has 5 nitrogen and oxygen atoms in total. The van der Waals surface area contributed by atoms with Gasteiger partial charge in [0.15, 0.2) is 9.84 Å². The summed E-state index contributed by atoms with van der Waals surface area (Å²) in [6.45, 7) is 0. The van der Waals surface area contributed by atoms with Crippen LogP contribution in [0, 0.1) is 0 Å². The molecule has 0 bridgehead atoms. The van der Waals surface area contributed by atoms with Crippen molar-refractivity contribution < 1.29 is 21.6 Å². The zero-order valence-corrected chi connectivity index (χ0v) is 15.4. The van der Waals surface area contributed by atoms with Crippen molar-refractivity contribution in [1.29, 1.82) is 0 Å². The maximum absolute atomic E-state index is 12.7. The summed E-state index contributed by atoms with van der Waals surface area (Å²) in [4.78, 5) is 7.24. The molecule has 9 heteroatoms. The number of hydrogen-bond acceptors (Lipinski definition) is 5. The van der Waals surface area contributed by atoms with E-state index in [1.165, 1.54) is 0 Å². The van der Waals surface area contributed by atoms with E-state index < -0.39 is 21.7 Å². The van der Waals surface area contributed by atoms with Crippen molar-refractivity contribution in [3.63, 3.8) is 0 Å². The number of aromatic nitrogens is 2. The van der Waals surface area contributed by atoms with Crippen LogP contribution in [0.1, 0.15) is 43.4 Å². The number of alkyl halides is 3. The van der Waals surface area contributed by atoms with Crippen molar-refractivity contribution in [2.24, 2.45) is 0 Å². The van der Waals surface area contributed by atoms with Crippen molar-refractivity contribution in [1.82, 2.24) is 9.97 Å². The van der Waals surface area contributed by atoms with Gasteiger partial charge in [-0.15, -0.1) is 0 Å². The molecular formula is C18H20F3N3O2S. The molecule has 0 unspecified atom stereocenters. The lowest BCUT2D eigenvalue weighted by Crippen LogP contribution is -2.25. The van der Waals surface area contributed by atoms with Gasteiger partial charge < -0.3 is 5.32 Å². The van der Waals surface area contributed by atoms with E-state index in [1.54, 1.807) is 24.3 Å². The van der Waals surface area contributed by atoms with Crippen LogP contribution in [-0.2, 0) is 21.8 Å². The second-order valence-electron chi connectivity index (χ2n) is 6.66. The molecular weight excluding hydrogens is 379 g/mol. The normalized spacial score (nSPS) is 16.3. The zero-order valence-electron chi connectivity index (χ0n) is 14.5. The SMILES string of the molecule is O=S(=O)(Cc1cccc(Nc2nccc(C(F)(F)F)n2)c1)C1CCCCC1. The predicted octanol–water partition coefficient (Wildman–Crippen LogP) is 4.49. The third-order valence-corrected chi connectivity index (χ3v) is 6.78. The van der Waals surface area contributed by atoms with Gasteiger partial charge in [0.1, 0.15) is 5.69 Å². The van der Waals surface area contributed by atoms with Gasteiger partial charge in [-0.05, 0) is 36.6 Å².